The van der Waals surface area contributed by atoms with Gasteiger partial charge in [0.25, 0.3) is 0 Å². The third-order valence-corrected chi connectivity index (χ3v) is 3.97. The Balaban J connectivity index is 1.96. The lowest BCUT2D eigenvalue weighted by atomic mass is 10.1. The van der Waals surface area contributed by atoms with Gasteiger partial charge in [0.1, 0.15) is 0 Å². The average molecular weight is 303 g/mol. The maximum Gasteiger partial charge on any atom is 0.194 e. The van der Waals surface area contributed by atoms with E-state index in [1.54, 1.807) is 0 Å². The van der Waals surface area contributed by atoms with Crippen molar-refractivity contribution in [2.75, 3.05) is 26.2 Å². The van der Waals surface area contributed by atoms with Gasteiger partial charge in [-0.15, -0.1) is 0 Å². The highest BCUT2D eigenvalue weighted by molar-refractivity contribution is 5.80. The molecule has 0 spiro atoms. The largest absolute Gasteiger partial charge is 0.378 e. The van der Waals surface area contributed by atoms with Crippen LogP contribution in [0.15, 0.2) is 29.3 Å². The molecule has 1 fully saturated rings. The molecule has 22 heavy (non-hydrogen) atoms. The molecule has 1 heterocycles. The smallest absolute Gasteiger partial charge is 0.194 e. The summed E-state index contributed by atoms with van der Waals surface area (Å²) in [6.45, 7) is 10.8. The predicted molar refractivity (Wildman–Crippen MR) is 92.2 cm³/mol. The number of rotatable bonds is 5. The minimum Gasteiger partial charge on any atom is -0.378 e. The number of benzene rings is 1. The zero-order valence-corrected chi connectivity index (χ0v) is 14.1. The van der Waals surface area contributed by atoms with E-state index in [2.05, 4.69) is 55.3 Å². The first-order valence-electron chi connectivity index (χ1n) is 8.43. The van der Waals surface area contributed by atoms with E-state index >= 15 is 0 Å². The standard InChI is InChI=1S/C18H29N3O/c1-4-19-18(20-14-16-8-6-7-15(3)13-16)21-11-9-17(10-12-21)22-5-2/h6-8,13,17H,4-5,9-12,14H2,1-3H3,(H,19,20). The molecule has 4 nitrogen and oxygen atoms in total. The van der Waals surface area contributed by atoms with E-state index < -0.39 is 0 Å². The van der Waals surface area contributed by atoms with E-state index in [1.807, 2.05) is 0 Å². The first-order valence-corrected chi connectivity index (χ1v) is 8.43. The number of piperidine rings is 1. The molecule has 0 aromatic heterocycles. The molecule has 0 unspecified atom stereocenters. The van der Waals surface area contributed by atoms with Crippen molar-refractivity contribution in [3.63, 3.8) is 0 Å². The second-order valence-corrected chi connectivity index (χ2v) is 5.80. The van der Waals surface area contributed by atoms with Crippen LogP contribution in [0.25, 0.3) is 0 Å². The second-order valence-electron chi connectivity index (χ2n) is 5.80. The van der Waals surface area contributed by atoms with Crippen LogP contribution in [0.2, 0.25) is 0 Å². The lowest BCUT2D eigenvalue weighted by Gasteiger charge is -2.34. The summed E-state index contributed by atoms with van der Waals surface area (Å²) in [5.41, 5.74) is 2.55. The van der Waals surface area contributed by atoms with Crippen LogP contribution in [-0.2, 0) is 11.3 Å². The number of aliphatic imine (C=N–C) groups is 1. The highest BCUT2D eigenvalue weighted by Gasteiger charge is 2.21. The van der Waals surface area contributed by atoms with Crippen LogP contribution in [0.1, 0.15) is 37.8 Å². The second kappa shape index (κ2) is 8.79. The molecule has 2 rings (SSSR count). The molecule has 1 aromatic rings. The molecule has 0 amide bonds. The third kappa shape index (κ3) is 5.02. The lowest BCUT2D eigenvalue weighted by Crippen LogP contribution is -2.47. The van der Waals surface area contributed by atoms with Crippen molar-refractivity contribution in [1.29, 1.82) is 0 Å². The maximum absolute atomic E-state index is 5.73. The van der Waals surface area contributed by atoms with Crippen molar-refractivity contribution in [3.05, 3.63) is 35.4 Å². The quantitative estimate of drug-likeness (QED) is 0.671. The minimum absolute atomic E-state index is 0.417. The highest BCUT2D eigenvalue weighted by atomic mass is 16.5. The monoisotopic (exact) mass is 303 g/mol. The Bertz CT molecular complexity index is 479. The van der Waals surface area contributed by atoms with E-state index in [1.165, 1.54) is 11.1 Å². The summed E-state index contributed by atoms with van der Waals surface area (Å²) < 4.78 is 5.73. The molecular formula is C18H29N3O. The summed E-state index contributed by atoms with van der Waals surface area (Å²) in [7, 11) is 0. The third-order valence-electron chi connectivity index (χ3n) is 3.97. The van der Waals surface area contributed by atoms with Gasteiger partial charge in [0, 0.05) is 26.2 Å². The van der Waals surface area contributed by atoms with Crippen LogP contribution in [0.4, 0.5) is 0 Å². The van der Waals surface area contributed by atoms with Gasteiger partial charge >= 0.3 is 0 Å². The number of aryl methyl sites for hydroxylation is 1. The molecule has 0 radical (unpaired) electrons. The fourth-order valence-corrected chi connectivity index (χ4v) is 2.87. The number of hydrogen-bond donors (Lipinski definition) is 1. The number of guanidine groups is 1. The molecule has 1 N–H and O–H groups in total. The number of hydrogen-bond acceptors (Lipinski definition) is 2. The van der Waals surface area contributed by atoms with Gasteiger partial charge in [-0.25, -0.2) is 4.99 Å². The van der Waals surface area contributed by atoms with Gasteiger partial charge in [-0.05, 0) is 39.2 Å². The molecule has 0 atom stereocenters. The number of likely N-dealkylation sites (tertiary alicyclic amines) is 1. The Hall–Kier alpha value is -1.55. The van der Waals surface area contributed by atoms with Gasteiger partial charge in [0.2, 0.25) is 0 Å². The molecule has 1 aliphatic rings. The first kappa shape index (κ1) is 16.8. The van der Waals surface area contributed by atoms with E-state index in [4.69, 9.17) is 9.73 Å². The van der Waals surface area contributed by atoms with Gasteiger partial charge in [0.05, 0.1) is 12.6 Å². The van der Waals surface area contributed by atoms with E-state index in [0.717, 1.165) is 51.6 Å². The molecule has 0 aliphatic carbocycles. The van der Waals surface area contributed by atoms with Crippen LogP contribution in [0.3, 0.4) is 0 Å². The van der Waals surface area contributed by atoms with Crippen LogP contribution in [-0.4, -0.2) is 43.2 Å². The molecular weight excluding hydrogens is 274 g/mol. The van der Waals surface area contributed by atoms with Crippen molar-refractivity contribution in [2.24, 2.45) is 4.99 Å². The van der Waals surface area contributed by atoms with Crippen molar-refractivity contribution in [2.45, 2.75) is 46.3 Å². The summed E-state index contributed by atoms with van der Waals surface area (Å²) in [6, 6.07) is 8.56. The minimum atomic E-state index is 0.417. The number of ether oxygens (including phenoxy) is 1. The van der Waals surface area contributed by atoms with Crippen molar-refractivity contribution < 1.29 is 4.74 Å². The van der Waals surface area contributed by atoms with E-state index in [9.17, 15) is 0 Å². The van der Waals surface area contributed by atoms with Crippen LogP contribution in [0, 0.1) is 6.92 Å². The predicted octanol–water partition coefficient (Wildman–Crippen LogP) is 2.96. The molecule has 0 saturated carbocycles. The molecule has 1 saturated heterocycles. The van der Waals surface area contributed by atoms with E-state index in [-0.39, 0.29) is 0 Å². The topological polar surface area (TPSA) is 36.9 Å². The fraction of sp³-hybridized carbons (Fsp3) is 0.611. The summed E-state index contributed by atoms with van der Waals surface area (Å²) >= 11 is 0. The van der Waals surface area contributed by atoms with Gasteiger partial charge in [-0.2, -0.15) is 0 Å². The van der Waals surface area contributed by atoms with Gasteiger partial charge in [-0.1, -0.05) is 29.8 Å². The Kier molecular flexibility index (Phi) is 6.72. The summed E-state index contributed by atoms with van der Waals surface area (Å²) in [5.74, 6) is 1.03. The Morgan fingerprint density at radius 1 is 1.32 bits per heavy atom. The average Bonchev–Trinajstić information content (AvgIpc) is 2.53. The van der Waals surface area contributed by atoms with Gasteiger partial charge in [0.15, 0.2) is 5.96 Å². The van der Waals surface area contributed by atoms with E-state index in [0.29, 0.717) is 6.10 Å². The Labute approximate surface area is 134 Å². The summed E-state index contributed by atoms with van der Waals surface area (Å²) in [4.78, 5) is 7.17. The summed E-state index contributed by atoms with van der Waals surface area (Å²) in [6.07, 6.45) is 2.59. The van der Waals surface area contributed by atoms with Crippen LogP contribution < -0.4 is 5.32 Å². The van der Waals surface area contributed by atoms with Gasteiger partial charge < -0.3 is 15.0 Å². The molecule has 0 bridgehead atoms. The van der Waals surface area contributed by atoms with Crippen molar-refractivity contribution in [3.8, 4) is 0 Å². The fourth-order valence-electron chi connectivity index (χ4n) is 2.87. The molecule has 122 valence electrons. The number of nitrogens with one attached hydrogen (secondary N) is 1. The normalized spacial score (nSPS) is 16.9. The Morgan fingerprint density at radius 2 is 2.09 bits per heavy atom. The first-order chi connectivity index (χ1) is 10.7. The number of nitrogens with zero attached hydrogens (tertiary/aromatic N) is 2. The van der Waals surface area contributed by atoms with Crippen LogP contribution in [0.5, 0.6) is 0 Å². The van der Waals surface area contributed by atoms with Gasteiger partial charge in [-0.3, -0.25) is 0 Å². The lowest BCUT2D eigenvalue weighted by molar-refractivity contribution is 0.0263. The zero-order chi connectivity index (χ0) is 15.8. The Morgan fingerprint density at radius 3 is 2.73 bits per heavy atom. The van der Waals surface area contributed by atoms with Crippen molar-refractivity contribution >= 4 is 5.96 Å². The molecule has 4 heteroatoms. The van der Waals surface area contributed by atoms with Crippen molar-refractivity contribution in [1.82, 2.24) is 10.2 Å². The zero-order valence-electron chi connectivity index (χ0n) is 14.1. The maximum atomic E-state index is 5.73. The highest BCUT2D eigenvalue weighted by Crippen LogP contribution is 2.14. The summed E-state index contributed by atoms with van der Waals surface area (Å²) in [5, 5.41) is 3.42. The molecule has 1 aliphatic heterocycles. The SMILES string of the molecule is CCNC(=NCc1cccc(C)c1)N1CCC(OCC)CC1. The van der Waals surface area contributed by atoms with Crippen LogP contribution >= 0.6 is 0 Å². The molecule has 1 aromatic carbocycles.